The maximum atomic E-state index is 6.54. The molecule has 0 aliphatic heterocycles. The fourth-order valence-corrected chi connectivity index (χ4v) is 3.87. The van der Waals surface area contributed by atoms with Gasteiger partial charge >= 0.3 is 0 Å². The van der Waals surface area contributed by atoms with Gasteiger partial charge in [-0.3, -0.25) is 4.90 Å². The molecule has 1 aliphatic rings. The van der Waals surface area contributed by atoms with Crippen LogP contribution in [0.15, 0.2) is 0 Å². The van der Waals surface area contributed by atoms with E-state index in [-0.39, 0.29) is 0 Å². The molecule has 2 nitrogen and oxygen atoms in total. The third kappa shape index (κ3) is 5.56. The van der Waals surface area contributed by atoms with Crippen LogP contribution in [0.2, 0.25) is 0 Å². The lowest BCUT2D eigenvalue weighted by molar-refractivity contribution is 0.0477. The van der Waals surface area contributed by atoms with Gasteiger partial charge in [-0.05, 0) is 42.4 Å². The Morgan fingerprint density at radius 1 is 1.05 bits per heavy atom. The minimum absolute atomic E-state index is 0.367. The van der Waals surface area contributed by atoms with E-state index < -0.39 is 0 Å². The van der Waals surface area contributed by atoms with Gasteiger partial charge in [-0.2, -0.15) is 0 Å². The Morgan fingerprint density at radius 3 is 2.00 bits per heavy atom. The molecule has 1 fully saturated rings. The number of hydrogen-bond acceptors (Lipinski definition) is 2. The molecule has 0 bridgehead atoms. The van der Waals surface area contributed by atoms with Crippen molar-refractivity contribution in [3.05, 3.63) is 0 Å². The molecule has 0 aromatic heterocycles. The molecule has 1 aliphatic carbocycles. The molecule has 0 spiro atoms. The van der Waals surface area contributed by atoms with E-state index in [1.807, 2.05) is 0 Å². The summed E-state index contributed by atoms with van der Waals surface area (Å²) in [5, 5.41) is 0. The van der Waals surface area contributed by atoms with Crippen molar-refractivity contribution < 1.29 is 0 Å². The van der Waals surface area contributed by atoms with E-state index in [2.05, 4.69) is 53.4 Å². The summed E-state index contributed by atoms with van der Waals surface area (Å²) >= 11 is 0. The molecule has 0 amide bonds. The van der Waals surface area contributed by atoms with E-state index in [0.29, 0.717) is 17.5 Å². The Balaban J connectivity index is 2.83. The summed E-state index contributed by atoms with van der Waals surface area (Å²) in [5.41, 5.74) is 6.99. The molecule has 2 heteroatoms. The van der Waals surface area contributed by atoms with Crippen molar-refractivity contribution >= 4 is 0 Å². The Bertz CT molecular complexity index is 286. The van der Waals surface area contributed by atoms with Gasteiger partial charge in [0, 0.05) is 25.2 Å². The molecule has 3 atom stereocenters. The Kier molecular flexibility index (Phi) is 7.19. The zero-order valence-electron chi connectivity index (χ0n) is 15.7. The summed E-state index contributed by atoms with van der Waals surface area (Å²) in [5.74, 6) is 2.26. The molecule has 3 unspecified atom stereocenters. The van der Waals surface area contributed by atoms with Crippen molar-refractivity contribution in [3.63, 3.8) is 0 Å². The normalized spacial score (nSPS) is 27.9. The molecule has 126 valence electrons. The Morgan fingerprint density at radius 2 is 1.57 bits per heavy atom. The van der Waals surface area contributed by atoms with Crippen molar-refractivity contribution in [2.75, 3.05) is 13.1 Å². The first-order chi connectivity index (χ1) is 9.67. The fraction of sp³-hybridized carbons (Fsp3) is 1.00. The average molecular weight is 297 g/mol. The fourth-order valence-electron chi connectivity index (χ4n) is 3.87. The lowest BCUT2D eigenvalue weighted by atomic mass is 9.67. The molecule has 1 rings (SSSR count). The van der Waals surface area contributed by atoms with Crippen molar-refractivity contribution in [3.8, 4) is 0 Å². The van der Waals surface area contributed by atoms with Crippen LogP contribution >= 0.6 is 0 Å². The first-order valence-electron chi connectivity index (χ1n) is 9.17. The van der Waals surface area contributed by atoms with Gasteiger partial charge in [0.25, 0.3) is 0 Å². The number of nitrogens with two attached hydrogens (primary N) is 1. The maximum Gasteiger partial charge on any atom is 0.0250 e. The summed E-state index contributed by atoms with van der Waals surface area (Å²) in [6.45, 7) is 18.9. The monoisotopic (exact) mass is 296 g/mol. The van der Waals surface area contributed by atoms with Crippen molar-refractivity contribution in [1.29, 1.82) is 0 Å². The van der Waals surface area contributed by atoms with Gasteiger partial charge in [0.1, 0.15) is 0 Å². The van der Waals surface area contributed by atoms with Gasteiger partial charge < -0.3 is 5.73 Å². The van der Waals surface area contributed by atoms with Crippen LogP contribution < -0.4 is 5.73 Å². The quantitative estimate of drug-likeness (QED) is 0.747. The van der Waals surface area contributed by atoms with Crippen LogP contribution in [-0.4, -0.2) is 30.1 Å². The van der Waals surface area contributed by atoms with Gasteiger partial charge in [-0.1, -0.05) is 54.9 Å². The molecule has 21 heavy (non-hydrogen) atoms. The Labute approximate surface area is 133 Å². The minimum atomic E-state index is 0.367. The second-order valence-corrected chi connectivity index (χ2v) is 8.82. The van der Waals surface area contributed by atoms with Gasteiger partial charge in [0.2, 0.25) is 0 Å². The second-order valence-electron chi connectivity index (χ2n) is 8.82. The molecule has 0 saturated heterocycles. The Hall–Kier alpha value is -0.0800. The highest BCUT2D eigenvalue weighted by molar-refractivity contribution is 4.93. The predicted octanol–water partition coefficient (Wildman–Crippen LogP) is 4.53. The average Bonchev–Trinajstić information content (AvgIpc) is 2.37. The molecular weight excluding hydrogens is 256 g/mol. The maximum absolute atomic E-state index is 6.54. The summed E-state index contributed by atoms with van der Waals surface area (Å²) < 4.78 is 0. The van der Waals surface area contributed by atoms with Crippen molar-refractivity contribution in [2.24, 2.45) is 28.9 Å². The predicted molar refractivity (Wildman–Crippen MR) is 94.4 cm³/mol. The van der Waals surface area contributed by atoms with Gasteiger partial charge in [-0.15, -0.1) is 0 Å². The van der Waals surface area contributed by atoms with E-state index in [0.717, 1.165) is 17.8 Å². The molecular formula is C19H40N2. The van der Waals surface area contributed by atoms with Crippen LogP contribution in [0.3, 0.4) is 0 Å². The summed E-state index contributed by atoms with van der Waals surface area (Å²) in [7, 11) is 0. The SMILES string of the molecule is CCC(C)(C)C1CCC(N)C(N(CC(C)C)CC(C)C)C1. The van der Waals surface area contributed by atoms with E-state index in [1.54, 1.807) is 0 Å². The van der Waals surface area contributed by atoms with Gasteiger partial charge in [0.15, 0.2) is 0 Å². The lowest BCUT2D eigenvalue weighted by Gasteiger charge is -2.47. The first-order valence-corrected chi connectivity index (χ1v) is 9.17. The zero-order chi connectivity index (χ0) is 16.2. The molecule has 0 aromatic carbocycles. The number of nitrogens with zero attached hydrogens (tertiary/aromatic N) is 1. The molecule has 0 radical (unpaired) electrons. The van der Waals surface area contributed by atoms with Crippen LogP contribution in [0.25, 0.3) is 0 Å². The van der Waals surface area contributed by atoms with Crippen LogP contribution in [0.5, 0.6) is 0 Å². The topological polar surface area (TPSA) is 29.3 Å². The van der Waals surface area contributed by atoms with Crippen LogP contribution in [0, 0.1) is 23.2 Å². The highest BCUT2D eigenvalue weighted by Gasteiger charge is 2.38. The number of rotatable bonds is 7. The van der Waals surface area contributed by atoms with E-state index in [1.165, 1.54) is 38.8 Å². The minimum Gasteiger partial charge on any atom is -0.326 e. The highest BCUT2D eigenvalue weighted by Crippen LogP contribution is 2.41. The van der Waals surface area contributed by atoms with E-state index >= 15 is 0 Å². The molecule has 0 heterocycles. The van der Waals surface area contributed by atoms with Gasteiger partial charge in [0.05, 0.1) is 0 Å². The number of hydrogen-bond donors (Lipinski definition) is 1. The third-order valence-corrected chi connectivity index (χ3v) is 5.55. The van der Waals surface area contributed by atoms with E-state index in [4.69, 9.17) is 5.73 Å². The van der Waals surface area contributed by atoms with Crippen molar-refractivity contribution in [2.45, 2.75) is 86.2 Å². The lowest BCUT2D eigenvalue weighted by Crippen LogP contribution is -2.54. The standard InChI is InChI=1S/C19H40N2/c1-8-19(6,7)16-9-10-17(20)18(11-16)21(12-14(2)3)13-15(4)5/h14-18H,8-13,20H2,1-7H3. The highest BCUT2D eigenvalue weighted by atomic mass is 15.2. The molecule has 1 saturated carbocycles. The first kappa shape index (κ1) is 19.0. The largest absolute Gasteiger partial charge is 0.326 e. The third-order valence-electron chi connectivity index (χ3n) is 5.55. The zero-order valence-corrected chi connectivity index (χ0v) is 15.7. The van der Waals surface area contributed by atoms with E-state index in [9.17, 15) is 0 Å². The summed E-state index contributed by atoms with van der Waals surface area (Å²) in [6.07, 6.45) is 5.08. The smallest absolute Gasteiger partial charge is 0.0250 e. The van der Waals surface area contributed by atoms with Gasteiger partial charge in [-0.25, -0.2) is 0 Å². The molecule has 0 aromatic rings. The van der Waals surface area contributed by atoms with Crippen molar-refractivity contribution in [1.82, 2.24) is 4.90 Å². The second kappa shape index (κ2) is 7.97. The van der Waals surface area contributed by atoms with Crippen LogP contribution in [0.4, 0.5) is 0 Å². The summed E-state index contributed by atoms with van der Waals surface area (Å²) in [6, 6.07) is 0.950. The summed E-state index contributed by atoms with van der Waals surface area (Å²) in [4.78, 5) is 2.71. The van der Waals surface area contributed by atoms with Crippen LogP contribution in [-0.2, 0) is 0 Å². The van der Waals surface area contributed by atoms with Crippen LogP contribution in [0.1, 0.15) is 74.1 Å². The molecule has 2 N–H and O–H groups in total.